The van der Waals surface area contributed by atoms with E-state index in [1.54, 1.807) is 0 Å². The van der Waals surface area contributed by atoms with Gasteiger partial charge in [-0.3, -0.25) is 9.59 Å². The van der Waals surface area contributed by atoms with Crippen molar-refractivity contribution in [3.05, 3.63) is 0 Å². The fraction of sp³-hybridized carbons (Fsp3) is 0.943. The van der Waals surface area contributed by atoms with Crippen LogP contribution in [0.15, 0.2) is 0 Å². The highest BCUT2D eigenvalue weighted by Crippen LogP contribution is 2.18. The SMILES string of the molecule is CCCCCCCCCCCCSCCC(=O)OCC(C)(C)COC(=O)CCSCCCCCCCCCCCC. The maximum absolute atomic E-state index is 12.1. The average molecular weight is 617 g/mol. The molecular weight excluding hydrogens is 549 g/mol. The molecule has 0 spiro atoms. The highest BCUT2D eigenvalue weighted by atomic mass is 32.2. The standard InChI is InChI=1S/C35H68O4S2/c1-5-7-9-11-13-15-17-19-21-23-27-40-29-25-33(36)38-31-35(3,4)32-39-34(37)26-30-41-28-24-22-20-18-16-14-12-10-8-6-2/h5-32H2,1-4H3. The number of esters is 2. The summed E-state index contributed by atoms with van der Waals surface area (Å²) in [6, 6.07) is 0. The maximum atomic E-state index is 12.1. The number of ether oxygens (including phenoxy) is 2. The van der Waals surface area contributed by atoms with Crippen LogP contribution in [0.2, 0.25) is 0 Å². The summed E-state index contributed by atoms with van der Waals surface area (Å²) in [7, 11) is 0. The third-order valence-corrected chi connectivity index (χ3v) is 9.57. The summed E-state index contributed by atoms with van der Waals surface area (Å²) >= 11 is 3.71. The molecule has 0 fully saturated rings. The largest absolute Gasteiger partial charge is 0.465 e. The molecule has 0 saturated heterocycles. The molecule has 0 saturated carbocycles. The lowest BCUT2D eigenvalue weighted by atomic mass is 9.96. The van der Waals surface area contributed by atoms with Crippen molar-refractivity contribution in [1.82, 2.24) is 0 Å². The second-order valence-electron chi connectivity index (χ2n) is 12.6. The minimum Gasteiger partial charge on any atom is -0.465 e. The third kappa shape index (κ3) is 32.4. The summed E-state index contributed by atoms with van der Waals surface area (Å²) in [5.41, 5.74) is -0.363. The third-order valence-electron chi connectivity index (χ3n) is 7.43. The van der Waals surface area contributed by atoms with E-state index in [0.717, 1.165) is 23.0 Å². The van der Waals surface area contributed by atoms with Crippen LogP contribution in [0.3, 0.4) is 0 Å². The van der Waals surface area contributed by atoms with E-state index in [1.165, 1.54) is 128 Å². The lowest BCUT2D eigenvalue weighted by Gasteiger charge is -2.23. The summed E-state index contributed by atoms with van der Waals surface area (Å²) in [5, 5.41) is 0. The zero-order chi connectivity index (χ0) is 30.3. The Bertz CT molecular complexity index is 535. The van der Waals surface area contributed by atoms with Crippen LogP contribution in [0.5, 0.6) is 0 Å². The number of thioether (sulfide) groups is 2. The Morgan fingerprint density at radius 1 is 0.463 bits per heavy atom. The molecule has 0 radical (unpaired) electrons. The molecule has 0 aromatic heterocycles. The molecule has 41 heavy (non-hydrogen) atoms. The molecule has 4 nitrogen and oxygen atoms in total. The van der Waals surface area contributed by atoms with E-state index in [4.69, 9.17) is 9.47 Å². The number of hydrogen-bond acceptors (Lipinski definition) is 6. The van der Waals surface area contributed by atoms with Gasteiger partial charge in [0.2, 0.25) is 0 Å². The van der Waals surface area contributed by atoms with Crippen molar-refractivity contribution in [3.8, 4) is 0 Å². The minimum atomic E-state index is -0.363. The van der Waals surface area contributed by atoms with Crippen LogP contribution in [0.25, 0.3) is 0 Å². The molecule has 0 bridgehead atoms. The molecule has 244 valence electrons. The highest BCUT2D eigenvalue weighted by molar-refractivity contribution is 7.99. The topological polar surface area (TPSA) is 52.6 Å². The van der Waals surface area contributed by atoms with Crippen LogP contribution >= 0.6 is 23.5 Å². The molecule has 0 atom stereocenters. The Labute approximate surface area is 264 Å². The zero-order valence-electron chi connectivity index (χ0n) is 27.7. The van der Waals surface area contributed by atoms with Gasteiger partial charge in [-0.2, -0.15) is 23.5 Å². The van der Waals surface area contributed by atoms with Gasteiger partial charge in [-0.05, 0) is 24.3 Å². The average Bonchev–Trinajstić information content (AvgIpc) is 2.96. The van der Waals surface area contributed by atoms with Gasteiger partial charge in [0.15, 0.2) is 0 Å². The Morgan fingerprint density at radius 3 is 1.07 bits per heavy atom. The molecule has 0 aromatic carbocycles. The van der Waals surface area contributed by atoms with Crippen molar-refractivity contribution in [1.29, 1.82) is 0 Å². The Kier molecular flexibility index (Phi) is 30.8. The van der Waals surface area contributed by atoms with Crippen LogP contribution in [0.1, 0.15) is 169 Å². The van der Waals surface area contributed by atoms with E-state index >= 15 is 0 Å². The van der Waals surface area contributed by atoms with Crippen LogP contribution < -0.4 is 0 Å². The smallest absolute Gasteiger partial charge is 0.306 e. The van der Waals surface area contributed by atoms with Gasteiger partial charge in [0.25, 0.3) is 0 Å². The first-order valence-electron chi connectivity index (χ1n) is 17.4. The van der Waals surface area contributed by atoms with E-state index in [9.17, 15) is 9.59 Å². The Balaban J connectivity index is 3.53. The van der Waals surface area contributed by atoms with Crippen molar-refractivity contribution >= 4 is 35.5 Å². The lowest BCUT2D eigenvalue weighted by molar-refractivity contribution is -0.152. The number of carbonyl (C=O) groups excluding carboxylic acids is 2. The lowest BCUT2D eigenvalue weighted by Crippen LogP contribution is -2.28. The predicted octanol–water partition coefficient (Wildman–Crippen LogP) is 11.2. The molecule has 0 N–H and O–H groups in total. The molecular formula is C35H68O4S2. The summed E-state index contributed by atoms with van der Waals surface area (Å²) in [5.74, 6) is 3.60. The van der Waals surface area contributed by atoms with Crippen molar-refractivity contribution in [2.24, 2.45) is 5.41 Å². The van der Waals surface area contributed by atoms with Gasteiger partial charge in [-0.15, -0.1) is 0 Å². The molecule has 6 heteroatoms. The summed E-state index contributed by atoms with van der Waals surface area (Å²) < 4.78 is 11.0. The zero-order valence-corrected chi connectivity index (χ0v) is 29.4. The first kappa shape index (κ1) is 40.6. The fourth-order valence-electron chi connectivity index (χ4n) is 4.64. The molecule has 0 aliphatic rings. The van der Waals surface area contributed by atoms with Crippen molar-refractivity contribution in [3.63, 3.8) is 0 Å². The first-order chi connectivity index (χ1) is 19.9. The highest BCUT2D eigenvalue weighted by Gasteiger charge is 2.22. The second kappa shape index (κ2) is 31.1. The predicted molar refractivity (Wildman–Crippen MR) is 183 cm³/mol. The fourth-order valence-corrected chi connectivity index (χ4v) is 6.48. The van der Waals surface area contributed by atoms with E-state index in [-0.39, 0.29) is 30.6 Å². The van der Waals surface area contributed by atoms with Crippen molar-refractivity contribution < 1.29 is 19.1 Å². The molecule has 0 unspecified atom stereocenters. The molecule has 0 aliphatic carbocycles. The molecule has 0 aromatic rings. The summed E-state index contributed by atoms with van der Waals surface area (Å²) in [6.45, 7) is 9.07. The molecule has 0 rings (SSSR count). The van der Waals surface area contributed by atoms with E-state index < -0.39 is 0 Å². The maximum Gasteiger partial charge on any atom is 0.306 e. The van der Waals surface area contributed by atoms with Crippen LogP contribution in [-0.4, -0.2) is 48.2 Å². The van der Waals surface area contributed by atoms with Crippen molar-refractivity contribution in [2.45, 2.75) is 169 Å². The van der Waals surface area contributed by atoms with Crippen LogP contribution in [0, 0.1) is 5.41 Å². The Morgan fingerprint density at radius 2 is 0.756 bits per heavy atom. The monoisotopic (exact) mass is 616 g/mol. The van der Waals surface area contributed by atoms with E-state index in [0.29, 0.717) is 12.8 Å². The second-order valence-corrected chi connectivity index (χ2v) is 15.0. The van der Waals surface area contributed by atoms with Gasteiger partial charge in [0, 0.05) is 16.9 Å². The normalized spacial score (nSPS) is 11.6. The van der Waals surface area contributed by atoms with Crippen LogP contribution in [-0.2, 0) is 19.1 Å². The quantitative estimate of drug-likeness (QED) is 0.0553. The van der Waals surface area contributed by atoms with Gasteiger partial charge in [-0.25, -0.2) is 0 Å². The summed E-state index contributed by atoms with van der Waals surface area (Å²) in [6.07, 6.45) is 28.0. The van der Waals surface area contributed by atoms with Gasteiger partial charge in [0.05, 0.1) is 26.1 Å². The number of carbonyl (C=O) groups is 2. The number of rotatable bonds is 32. The van der Waals surface area contributed by atoms with Gasteiger partial charge >= 0.3 is 11.9 Å². The van der Waals surface area contributed by atoms with E-state index in [1.807, 2.05) is 37.4 Å². The Hall–Kier alpha value is -0.360. The number of hydrogen-bond donors (Lipinski definition) is 0. The summed E-state index contributed by atoms with van der Waals surface area (Å²) in [4.78, 5) is 24.3. The molecule has 0 amide bonds. The van der Waals surface area contributed by atoms with E-state index in [2.05, 4.69) is 13.8 Å². The van der Waals surface area contributed by atoms with Gasteiger partial charge in [0.1, 0.15) is 0 Å². The van der Waals surface area contributed by atoms with Gasteiger partial charge < -0.3 is 9.47 Å². The van der Waals surface area contributed by atoms with Crippen molar-refractivity contribution in [2.75, 3.05) is 36.2 Å². The van der Waals surface area contributed by atoms with Crippen LogP contribution in [0.4, 0.5) is 0 Å². The minimum absolute atomic E-state index is 0.150. The van der Waals surface area contributed by atoms with Gasteiger partial charge in [-0.1, -0.05) is 143 Å². The first-order valence-corrected chi connectivity index (χ1v) is 19.7. The molecule has 0 aliphatic heterocycles. The number of unbranched alkanes of at least 4 members (excludes halogenated alkanes) is 18. The molecule has 0 heterocycles.